The number of fused-ring (bicyclic) bond motifs is 1. The summed E-state index contributed by atoms with van der Waals surface area (Å²) in [6.45, 7) is 6.92. The van der Waals surface area contributed by atoms with Gasteiger partial charge in [-0.3, -0.25) is 20.4 Å². The molecule has 6 nitrogen and oxygen atoms in total. The van der Waals surface area contributed by atoms with Crippen LogP contribution in [0.25, 0.3) is 10.8 Å². The lowest BCUT2D eigenvalue weighted by Crippen LogP contribution is -2.47. The molecule has 1 unspecified atom stereocenters. The van der Waals surface area contributed by atoms with E-state index >= 15 is 0 Å². The third kappa shape index (κ3) is 3.95. The zero-order chi connectivity index (χ0) is 19.6. The van der Waals surface area contributed by atoms with Crippen LogP contribution in [0.4, 0.5) is 0 Å². The Bertz CT molecular complexity index is 1010. The van der Waals surface area contributed by atoms with Crippen molar-refractivity contribution in [3.63, 3.8) is 0 Å². The first kappa shape index (κ1) is 18.5. The van der Waals surface area contributed by atoms with E-state index in [2.05, 4.69) is 10.9 Å². The van der Waals surface area contributed by atoms with Crippen LogP contribution in [-0.2, 0) is 4.79 Å². The van der Waals surface area contributed by atoms with Gasteiger partial charge in [0.25, 0.3) is 11.8 Å². The number of carbonyl (C=O) groups excluding carboxylic acids is 2. The van der Waals surface area contributed by atoms with Crippen molar-refractivity contribution in [3.8, 4) is 5.75 Å². The van der Waals surface area contributed by atoms with E-state index in [1.165, 1.54) is 0 Å². The third-order valence-corrected chi connectivity index (χ3v) is 4.49. The Morgan fingerprint density at radius 2 is 1.67 bits per heavy atom. The molecule has 0 bridgehead atoms. The summed E-state index contributed by atoms with van der Waals surface area (Å²) in [6.07, 6.45) is -0.778. The number of hydrogen-bond donors (Lipinski definition) is 2. The van der Waals surface area contributed by atoms with Crippen molar-refractivity contribution < 1.29 is 18.7 Å². The Kier molecular flexibility index (Phi) is 5.16. The number of ether oxygens (including phenoxy) is 1. The highest BCUT2D eigenvalue weighted by Crippen LogP contribution is 2.22. The molecule has 0 saturated carbocycles. The number of benzene rings is 2. The van der Waals surface area contributed by atoms with Gasteiger partial charge in [-0.1, -0.05) is 30.3 Å². The van der Waals surface area contributed by atoms with E-state index in [9.17, 15) is 9.59 Å². The van der Waals surface area contributed by atoms with Crippen molar-refractivity contribution in [2.45, 2.75) is 33.8 Å². The highest BCUT2D eigenvalue weighted by atomic mass is 16.5. The number of nitrogens with one attached hydrogen (secondary N) is 2. The second-order valence-electron chi connectivity index (χ2n) is 6.43. The summed E-state index contributed by atoms with van der Waals surface area (Å²) in [5.74, 6) is 0.897. The van der Waals surface area contributed by atoms with Gasteiger partial charge in [-0.25, -0.2) is 0 Å². The molecule has 0 radical (unpaired) electrons. The lowest BCUT2D eigenvalue weighted by molar-refractivity contribution is -0.128. The topological polar surface area (TPSA) is 80.6 Å². The van der Waals surface area contributed by atoms with E-state index in [-0.39, 0.29) is 0 Å². The molecule has 2 aromatic carbocycles. The number of aryl methyl sites for hydroxylation is 2. The zero-order valence-corrected chi connectivity index (χ0v) is 15.8. The van der Waals surface area contributed by atoms with E-state index in [1.807, 2.05) is 42.5 Å². The van der Waals surface area contributed by atoms with Crippen molar-refractivity contribution in [1.29, 1.82) is 0 Å². The molecule has 0 saturated heterocycles. The van der Waals surface area contributed by atoms with Crippen LogP contribution in [0.5, 0.6) is 5.75 Å². The standard InChI is InChI=1S/C21H22N2O4/c1-12-13(2)26-14(3)19(12)21(25)23-22-20(24)15(4)27-18-10-9-16-7-5-6-8-17(16)11-18/h5-11,15H,1-4H3,(H,22,24)(H,23,25). The van der Waals surface area contributed by atoms with E-state index in [1.54, 1.807) is 27.7 Å². The van der Waals surface area contributed by atoms with E-state index in [4.69, 9.17) is 9.15 Å². The largest absolute Gasteiger partial charge is 0.481 e. The number of hydrogen-bond acceptors (Lipinski definition) is 4. The summed E-state index contributed by atoms with van der Waals surface area (Å²) >= 11 is 0. The van der Waals surface area contributed by atoms with Gasteiger partial charge < -0.3 is 9.15 Å². The van der Waals surface area contributed by atoms with Crippen molar-refractivity contribution in [1.82, 2.24) is 10.9 Å². The van der Waals surface area contributed by atoms with Gasteiger partial charge in [-0.2, -0.15) is 0 Å². The molecular weight excluding hydrogens is 344 g/mol. The molecule has 3 aromatic rings. The minimum Gasteiger partial charge on any atom is -0.481 e. The summed E-state index contributed by atoms with van der Waals surface area (Å²) in [4.78, 5) is 24.6. The Morgan fingerprint density at radius 3 is 2.33 bits per heavy atom. The normalized spacial score (nSPS) is 11.9. The Balaban J connectivity index is 1.60. The summed E-state index contributed by atoms with van der Waals surface area (Å²) in [5.41, 5.74) is 5.98. The fraction of sp³-hybridized carbons (Fsp3) is 0.238. The second-order valence-corrected chi connectivity index (χ2v) is 6.43. The molecule has 1 atom stereocenters. The summed E-state index contributed by atoms with van der Waals surface area (Å²) in [6, 6.07) is 13.5. The Morgan fingerprint density at radius 1 is 0.963 bits per heavy atom. The molecule has 0 aliphatic rings. The Hall–Kier alpha value is -3.28. The summed E-state index contributed by atoms with van der Waals surface area (Å²) in [7, 11) is 0. The molecule has 140 valence electrons. The van der Waals surface area contributed by atoms with Crippen molar-refractivity contribution in [2.24, 2.45) is 0 Å². The first-order chi connectivity index (χ1) is 12.9. The van der Waals surface area contributed by atoms with Gasteiger partial charge in [0, 0.05) is 5.56 Å². The smallest absolute Gasteiger partial charge is 0.279 e. The van der Waals surface area contributed by atoms with Crippen molar-refractivity contribution in [3.05, 3.63) is 65.1 Å². The first-order valence-electron chi connectivity index (χ1n) is 8.69. The lowest BCUT2D eigenvalue weighted by Gasteiger charge is -2.15. The SMILES string of the molecule is Cc1oc(C)c(C(=O)NNC(=O)C(C)Oc2ccc3ccccc3c2)c1C. The van der Waals surface area contributed by atoms with Gasteiger partial charge in [0.05, 0.1) is 5.56 Å². The molecule has 27 heavy (non-hydrogen) atoms. The molecule has 0 aliphatic carbocycles. The van der Waals surface area contributed by atoms with Gasteiger partial charge in [-0.15, -0.1) is 0 Å². The fourth-order valence-electron chi connectivity index (χ4n) is 2.91. The van der Waals surface area contributed by atoms with Gasteiger partial charge in [-0.05, 0) is 50.6 Å². The highest BCUT2D eigenvalue weighted by Gasteiger charge is 2.20. The average Bonchev–Trinajstić information content (AvgIpc) is 2.91. The van der Waals surface area contributed by atoms with Gasteiger partial charge in [0.2, 0.25) is 0 Å². The number of carbonyl (C=O) groups is 2. The van der Waals surface area contributed by atoms with E-state index < -0.39 is 17.9 Å². The predicted molar refractivity (Wildman–Crippen MR) is 103 cm³/mol. The quantitative estimate of drug-likeness (QED) is 0.692. The molecule has 2 amide bonds. The summed E-state index contributed by atoms with van der Waals surface area (Å²) in [5, 5.41) is 2.12. The number of furan rings is 1. The lowest BCUT2D eigenvalue weighted by atomic mass is 10.1. The highest BCUT2D eigenvalue weighted by molar-refractivity contribution is 5.98. The van der Waals surface area contributed by atoms with Crippen LogP contribution in [-0.4, -0.2) is 17.9 Å². The van der Waals surface area contributed by atoms with Crippen LogP contribution < -0.4 is 15.6 Å². The van der Waals surface area contributed by atoms with Crippen LogP contribution >= 0.6 is 0 Å². The maximum atomic E-state index is 12.3. The van der Waals surface area contributed by atoms with Crippen LogP contribution in [0.1, 0.15) is 34.4 Å². The third-order valence-electron chi connectivity index (χ3n) is 4.49. The molecular formula is C21H22N2O4. The van der Waals surface area contributed by atoms with Crippen molar-refractivity contribution >= 4 is 22.6 Å². The van der Waals surface area contributed by atoms with Gasteiger partial charge >= 0.3 is 0 Å². The molecule has 1 heterocycles. The number of hydrazine groups is 1. The molecule has 0 spiro atoms. The van der Waals surface area contributed by atoms with E-state index in [0.717, 1.165) is 16.3 Å². The van der Waals surface area contributed by atoms with Crippen LogP contribution in [0.3, 0.4) is 0 Å². The molecule has 0 fully saturated rings. The van der Waals surface area contributed by atoms with E-state index in [0.29, 0.717) is 22.8 Å². The Labute approximate surface area is 157 Å². The predicted octanol–water partition coefficient (Wildman–Crippen LogP) is 3.59. The molecule has 3 rings (SSSR count). The number of amides is 2. The monoisotopic (exact) mass is 366 g/mol. The minimum absolute atomic E-state index is 0.423. The molecule has 1 aromatic heterocycles. The first-order valence-corrected chi connectivity index (χ1v) is 8.69. The van der Waals surface area contributed by atoms with Crippen molar-refractivity contribution in [2.75, 3.05) is 0 Å². The average molecular weight is 366 g/mol. The van der Waals surface area contributed by atoms with Gasteiger partial charge in [0.1, 0.15) is 17.3 Å². The molecule has 0 aliphatic heterocycles. The molecule has 2 N–H and O–H groups in total. The zero-order valence-electron chi connectivity index (χ0n) is 15.8. The number of rotatable bonds is 4. The van der Waals surface area contributed by atoms with Crippen LogP contribution in [0.2, 0.25) is 0 Å². The van der Waals surface area contributed by atoms with Crippen LogP contribution in [0.15, 0.2) is 46.9 Å². The van der Waals surface area contributed by atoms with Gasteiger partial charge in [0.15, 0.2) is 6.10 Å². The molecule has 6 heteroatoms. The fourth-order valence-corrected chi connectivity index (χ4v) is 2.91. The minimum atomic E-state index is -0.778. The summed E-state index contributed by atoms with van der Waals surface area (Å²) < 4.78 is 11.1. The van der Waals surface area contributed by atoms with Crippen LogP contribution in [0, 0.1) is 20.8 Å². The maximum Gasteiger partial charge on any atom is 0.279 e. The second kappa shape index (κ2) is 7.53. The maximum absolute atomic E-state index is 12.3.